The molecule has 0 saturated carbocycles. The first-order valence-electron chi connectivity index (χ1n) is 10.6. The highest BCUT2D eigenvalue weighted by molar-refractivity contribution is 5.75. The first-order valence-corrected chi connectivity index (χ1v) is 10.6. The van der Waals surface area contributed by atoms with Crippen LogP contribution in [0, 0.1) is 5.82 Å². The van der Waals surface area contributed by atoms with Crippen molar-refractivity contribution in [3.05, 3.63) is 129 Å². The van der Waals surface area contributed by atoms with Crippen LogP contribution < -0.4 is 21.3 Å². The first kappa shape index (κ1) is 22.7. The van der Waals surface area contributed by atoms with E-state index in [0.29, 0.717) is 18.0 Å². The molecule has 0 spiro atoms. The molecule has 1 amide bonds. The molecule has 0 aliphatic heterocycles. The highest BCUT2D eigenvalue weighted by Crippen LogP contribution is 2.21. The maximum Gasteiger partial charge on any atom is 0.331 e. The van der Waals surface area contributed by atoms with Crippen LogP contribution in [0.5, 0.6) is 11.5 Å². The number of aromatic nitrogens is 2. The van der Waals surface area contributed by atoms with Crippen LogP contribution in [0.1, 0.15) is 11.1 Å². The van der Waals surface area contributed by atoms with Crippen LogP contribution in [0.25, 0.3) is 0 Å². The molecule has 7 nitrogen and oxygen atoms in total. The monoisotopic (exact) mass is 459 g/mol. The van der Waals surface area contributed by atoms with Crippen molar-refractivity contribution in [2.75, 3.05) is 0 Å². The maximum atomic E-state index is 13.0. The minimum absolute atomic E-state index is 0.218. The Labute approximate surface area is 194 Å². The molecule has 1 heterocycles. The summed E-state index contributed by atoms with van der Waals surface area (Å²) in [4.78, 5) is 37.3. The van der Waals surface area contributed by atoms with Crippen LogP contribution in [-0.4, -0.2) is 15.0 Å². The summed E-state index contributed by atoms with van der Waals surface area (Å²) >= 11 is 0. The molecule has 0 saturated heterocycles. The Bertz CT molecular complexity index is 1380. The number of halogens is 1. The van der Waals surface area contributed by atoms with Crippen LogP contribution in [-0.2, 0) is 24.4 Å². The van der Waals surface area contributed by atoms with E-state index in [1.54, 1.807) is 24.3 Å². The van der Waals surface area contributed by atoms with Gasteiger partial charge in [0.05, 0.1) is 6.54 Å². The summed E-state index contributed by atoms with van der Waals surface area (Å²) in [5, 5.41) is 2.72. The Morgan fingerprint density at radius 3 is 2.15 bits per heavy atom. The van der Waals surface area contributed by atoms with Crippen molar-refractivity contribution in [2.45, 2.75) is 19.6 Å². The minimum Gasteiger partial charge on any atom is -0.457 e. The predicted molar refractivity (Wildman–Crippen MR) is 125 cm³/mol. The molecule has 0 aliphatic carbocycles. The van der Waals surface area contributed by atoms with E-state index >= 15 is 0 Å². The average Bonchev–Trinajstić information content (AvgIpc) is 2.85. The van der Waals surface area contributed by atoms with E-state index in [-0.39, 0.29) is 18.9 Å². The van der Waals surface area contributed by atoms with Crippen molar-refractivity contribution in [2.24, 2.45) is 0 Å². The van der Waals surface area contributed by atoms with E-state index in [4.69, 9.17) is 4.74 Å². The highest BCUT2D eigenvalue weighted by Gasteiger charge is 2.10. The second-order valence-corrected chi connectivity index (χ2v) is 7.61. The van der Waals surface area contributed by atoms with Gasteiger partial charge in [0.1, 0.15) is 23.9 Å². The molecule has 3 aromatic carbocycles. The van der Waals surface area contributed by atoms with Gasteiger partial charge in [-0.3, -0.25) is 18.7 Å². The van der Waals surface area contributed by atoms with E-state index in [2.05, 4.69) is 5.32 Å². The third-order valence-electron chi connectivity index (χ3n) is 5.10. The maximum absolute atomic E-state index is 13.0. The van der Waals surface area contributed by atoms with Gasteiger partial charge in [0.25, 0.3) is 5.56 Å². The van der Waals surface area contributed by atoms with Gasteiger partial charge in [0.15, 0.2) is 0 Å². The Balaban J connectivity index is 1.35. The van der Waals surface area contributed by atoms with Crippen molar-refractivity contribution in [1.82, 2.24) is 14.5 Å². The van der Waals surface area contributed by atoms with Gasteiger partial charge >= 0.3 is 5.69 Å². The largest absolute Gasteiger partial charge is 0.457 e. The number of carbonyl (C=O) groups excluding carboxylic acids is 1. The molecule has 1 aromatic heterocycles. The normalized spacial score (nSPS) is 10.6. The Morgan fingerprint density at radius 1 is 0.824 bits per heavy atom. The van der Waals surface area contributed by atoms with Crippen molar-refractivity contribution >= 4 is 5.91 Å². The van der Waals surface area contributed by atoms with E-state index in [1.165, 1.54) is 41.1 Å². The third kappa shape index (κ3) is 5.86. The molecule has 172 valence electrons. The zero-order valence-corrected chi connectivity index (χ0v) is 18.2. The quantitative estimate of drug-likeness (QED) is 0.438. The van der Waals surface area contributed by atoms with Crippen molar-refractivity contribution in [1.29, 1.82) is 0 Å². The van der Waals surface area contributed by atoms with Gasteiger partial charge in [-0.05, 0) is 47.5 Å². The number of rotatable bonds is 8. The lowest BCUT2D eigenvalue weighted by Crippen LogP contribution is -2.43. The molecule has 0 aliphatic rings. The van der Waals surface area contributed by atoms with Gasteiger partial charge in [-0.1, -0.05) is 42.5 Å². The molecule has 4 rings (SSSR count). The summed E-state index contributed by atoms with van der Waals surface area (Å²) in [5.74, 6) is 0.278. The van der Waals surface area contributed by atoms with E-state index < -0.39 is 17.2 Å². The van der Waals surface area contributed by atoms with Crippen LogP contribution in [0.2, 0.25) is 0 Å². The van der Waals surface area contributed by atoms with Gasteiger partial charge in [-0.15, -0.1) is 0 Å². The van der Waals surface area contributed by atoms with Gasteiger partial charge in [-0.2, -0.15) is 0 Å². The zero-order valence-electron chi connectivity index (χ0n) is 18.2. The number of carbonyl (C=O) groups is 1. The Kier molecular flexibility index (Phi) is 6.98. The molecular formula is C26H22FN3O4. The number of nitrogens with zero attached hydrogens (tertiary/aromatic N) is 2. The van der Waals surface area contributed by atoms with E-state index in [9.17, 15) is 18.8 Å². The summed E-state index contributed by atoms with van der Waals surface area (Å²) in [5.41, 5.74) is 0.633. The molecule has 8 heteroatoms. The molecule has 1 N–H and O–H groups in total. The lowest BCUT2D eigenvalue weighted by atomic mass is 10.2. The minimum atomic E-state index is -0.547. The van der Waals surface area contributed by atoms with E-state index in [1.807, 2.05) is 30.3 Å². The lowest BCUT2D eigenvalue weighted by molar-refractivity contribution is -0.121. The molecule has 0 fully saturated rings. The number of ether oxygens (including phenoxy) is 1. The summed E-state index contributed by atoms with van der Waals surface area (Å²) in [7, 11) is 0. The number of hydrogen-bond acceptors (Lipinski definition) is 4. The standard InChI is InChI=1S/C26H22FN3O4/c27-21-8-12-23(13-9-21)34-22-10-6-19(7-11-22)16-28-24(31)18-30-25(32)14-15-29(26(30)33)17-20-4-2-1-3-5-20/h1-15H,16-18H2,(H,28,31). The highest BCUT2D eigenvalue weighted by atomic mass is 19.1. The van der Waals surface area contributed by atoms with Crippen LogP contribution in [0.15, 0.2) is 101 Å². The molecule has 0 atom stereocenters. The summed E-state index contributed by atoms with van der Waals surface area (Å²) < 4.78 is 20.9. The van der Waals surface area contributed by atoms with Crippen LogP contribution in [0.3, 0.4) is 0 Å². The molecule has 0 bridgehead atoms. The molecule has 0 radical (unpaired) electrons. The molecule has 0 unspecified atom stereocenters. The van der Waals surface area contributed by atoms with Crippen molar-refractivity contribution in [3.8, 4) is 11.5 Å². The fraction of sp³-hybridized carbons (Fsp3) is 0.115. The predicted octanol–water partition coefficient (Wildman–Crippen LogP) is 3.31. The number of amides is 1. The van der Waals surface area contributed by atoms with E-state index in [0.717, 1.165) is 15.7 Å². The number of hydrogen-bond donors (Lipinski definition) is 1. The second kappa shape index (κ2) is 10.4. The fourth-order valence-electron chi connectivity index (χ4n) is 3.32. The third-order valence-corrected chi connectivity index (χ3v) is 5.10. The molecular weight excluding hydrogens is 437 g/mol. The van der Waals surface area contributed by atoms with Gasteiger partial charge in [0.2, 0.25) is 5.91 Å². The van der Waals surface area contributed by atoms with Gasteiger partial charge in [-0.25, -0.2) is 9.18 Å². The Morgan fingerprint density at radius 2 is 1.47 bits per heavy atom. The smallest absolute Gasteiger partial charge is 0.331 e. The topological polar surface area (TPSA) is 82.3 Å². The Hall–Kier alpha value is -4.46. The van der Waals surface area contributed by atoms with Crippen LogP contribution in [0.4, 0.5) is 4.39 Å². The number of benzene rings is 3. The SMILES string of the molecule is O=C(Cn1c(=O)ccn(Cc2ccccc2)c1=O)NCc1ccc(Oc2ccc(F)cc2)cc1. The van der Waals surface area contributed by atoms with Crippen molar-refractivity contribution in [3.63, 3.8) is 0 Å². The zero-order chi connectivity index (χ0) is 23.9. The second-order valence-electron chi connectivity index (χ2n) is 7.61. The number of nitrogens with one attached hydrogen (secondary N) is 1. The first-order chi connectivity index (χ1) is 16.5. The fourth-order valence-corrected chi connectivity index (χ4v) is 3.32. The molecule has 4 aromatic rings. The summed E-state index contributed by atoms with van der Waals surface area (Å²) in [6.45, 7) is 0.141. The summed E-state index contributed by atoms with van der Waals surface area (Å²) in [6.07, 6.45) is 1.43. The lowest BCUT2D eigenvalue weighted by Gasteiger charge is -2.11. The van der Waals surface area contributed by atoms with Gasteiger partial charge in [0, 0.05) is 18.8 Å². The molecule has 34 heavy (non-hydrogen) atoms. The van der Waals surface area contributed by atoms with Gasteiger partial charge < -0.3 is 10.1 Å². The van der Waals surface area contributed by atoms with Crippen molar-refractivity contribution < 1.29 is 13.9 Å². The average molecular weight is 459 g/mol. The van der Waals surface area contributed by atoms with Crippen LogP contribution >= 0.6 is 0 Å². The summed E-state index contributed by atoms with van der Waals surface area (Å²) in [6, 6.07) is 23.4.